The lowest BCUT2D eigenvalue weighted by Crippen LogP contribution is -2.22. The molecule has 1 aromatic carbocycles. The van der Waals surface area contributed by atoms with Crippen LogP contribution >= 0.6 is 0 Å². The summed E-state index contributed by atoms with van der Waals surface area (Å²) in [4.78, 5) is 0. The first-order valence-electron chi connectivity index (χ1n) is 4.87. The Morgan fingerprint density at radius 3 is 2.56 bits per heavy atom. The number of benzene rings is 1. The summed E-state index contributed by atoms with van der Waals surface area (Å²) in [6, 6.07) is 9.27. The zero-order valence-corrected chi connectivity index (χ0v) is 10.00. The fourth-order valence-corrected chi connectivity index (χ4v) is 1.88. The van der Waals surface area contributed by atoms with Crippen molar-refractivity contribution < 1.29 is 8.42 Å². The number of sulfonamides is 1. The quantitative estimate of drug-likeness (QED) is 0.798. The van der Waals surface area contributed by atoms with Gasteiger partial charge in [-0.15, -0.1) is 0 Å². The molecule has 0 saturated carbocycles. The van der Waals surface area contributed by atoms with Crippen LogP contribution in [0.1, 0.15) is 12.5 Å². The molecule has 0 fully saturated rings. The normalized spacial score (nSPS) is 11.8. The first-order chi connectivity index (χ1) is 7.49. The smallest absolute Gasteiger partial charge is 0.208 e. The minimum Gasteiger partial charge on any atom is -0.208 e. The Hall–Kier alpha value is -1.39. The Morgan fingerprint density at radius 1 is 1.38 bits per heavy atom. The summed E-state index contributed by atoms with van der Waals surface area (Å²) >= 11 is 0. The highest BCUT2D eigenvalue weighted by molar-refractivity contribution is 7.92. The average Bonchev–Trinajstić information content (AvgIpc) is 2.26. The van der Waals surface area contributed by atoms with Crippen LogP contribution < -0.4 is 4.72 Å². The van der Waals surface area contributed by atoms with Crippen LogP contribution in [-0.2, 0) is 10.0 Å². The molecule has 0 aliphatic carbocycles. The van der Waals surface area contributed by atoms with Gasteiger partial charge < -0.3 is 0 Å². The van der Waals surface area contributed by atoms with Gasteiger partial charge in [0.1, 0.15) is 0 Å². The van der Waals surface area contributed by atoms with Crippen LogP contribution in [-0.4, -0.2) is 15.0 Å². The average molecular weight is 237 g/mol. The Kier molecular flexibility index (Phi) is 4.46. The monoisotopic (exact) mass is 237 g/mol. The molecule has 0 aliphatic heterocycles. The maximum Gasteiger partial charge on any atom is 0.234 e. The highest BCUT2D eigenvalue weighted by Crippen LogP contribution is 2.02. The van der Waals surface area contributed by atoms with E-state index in [0.29, 0.717) is 0 Å². The summed E-state index contributed by atoms with van der Waals surface area (Å²) in [5.41, 5.74) is 1.62. The molecule has 1 aromatic rings. The van der Waals surface area contributed by atoms with Gasteiger partial charge in [-0.25, -0.2) is 13.1 Å². The fraction of sp³-hybridized carbons (Fsp3) is 0.167. The minimum absolute atomic E-state index is 0.265. The van der Waals surface area contributed by atoms with Crippen LogP contribution in [0.3, 0.4) is 0 Å². The molecule has 0 aromatic heterocycles. The highest BCUT2D eigenvalue weighted by Gasteiger charge is 2.03. The van der Waals surface area contributed by atoms with Gasteiger partial charge in [0.25, 0.3) is 0 Å². The molecule has 4 heteroatoms. The van der Waals surface area contributed by atoms with Crippen LogP contribution in [0.4, 0.5) is 0 Å². The molecule has 0 heterocycles. The first kappa shape index (κ1) is 12.7. The third-order valence-corrected chi connectivity index (χ3v) is 2.86. The van der Waals surface area contributed by atoms with Crippen molar-refractivity contribution >= 4 is 16.1 Å². The van der Waals surface area contributed by atoms with Crippen LogP contribution in [0, 0.1) is 0 Å². The van der Waals surface area contributed by atoms with Crippen LogP contribution in [0.15, 0.2) is 47.9 Å². The van der Waals surface area contributed by atoms with E-state index in [4.69, 9.17) is 0 Å². The summed E-state index contributed by atoms with van der Waals surface area (Å²) in [7, 11) is -3.37. The Morgan fingerprint density at radius 2 is 2.00 bits per heavy atom. The number of nitrogens with one attached hydrogen (secondary N) is 1. The van der Waals surface area contributed by atoms with E-state index in [1.54, 1.807) is 13.0 Å². The van der Waals surface area contributed by atoms with Crippen LogP contribution in [0.2, 0.25) is 0 Å². The predicted molar refractivity (Wildman–Crippen MR) is 67.2 cm³/mol. The molecule has 0 radical (unpaired) electrons. The molecule has 86 valence electrons. The first-order valence-corrected chi connectivity index (χ1v) is 6.41. The van der Waals surface area contributed by atoms with Crippen molar-refractivity contribution in [2.45, 2.75) is 6.92 Å². The number of hydrogen-bond donors (Lipinski definition) is 1. The zero-order valence-electron chi connectivity index (χ0n) is 9.18. The van der Waals surface area contributed by atoms with E-state index in [2.05, 4.69) is 11.3 Å². The molecular weight excluding hydrogens is 222 g/mol. The summed E-state index contributed by atoms with van der Waals surface area (Å²) < 4.78 is 25.4. The molecule has 0 spiro atoms. The lowest BCUT2D eigenvalue weighted by Gasteiger charge is -2.01. The molecular formula is C12H15NO2S. The van der Waals surface area contributed by atoms with Gasteiger partial charge in [0.15, 0.2) is 0 Å². The lowest BCUT2D eigenvalue weighted by atomic mass is 10.2. The lowest BCUT2D eigenvalue weighted by molar-refractivity contribution is 0.594. The van der Waals surface area contributed by atoms with E-state index in [0.717, 1.165) is 16.5 Å². The zero-order chi connectivity index (χ0) is 12.0. The molecule has 0 aliphatic rings. The number of rotatable bonds is 5. The molecule has 1 rings (SSSR count). The molecule has 0 bridgehead atoms. The van der Waals surface area contributed by atoms with E-state index in [9.17, 15) is 8.42 Å². The SMILES string of the molecule is C=C(C)CNS(=O)(=O)/C=C/c1ccccc1. The van der Waals surface area contributed by atoms with E-state index < -0.39 is 10.0 Å². The third-order valence-electron chi connectivity index (χ3n) is 1.81. The molecule has 1 N–H and O–H groups in total. The standard InChI is InChI=1S/C12H15NO2S/c1-11(2)10-13-16(14,15)9-8-12-6-4-3-5-7-12/h3-9,13H,1,10H2,2H3/b9-8+. The summed E-state index contributed by atoms with van der Waals surface area (Å²) in [6.07, 6.45) is 1.56. The molecule has 0 saturated heterocycles. The Labute approximate surface area is 96.6 Å². The van der Waals surface area contributed by atoms with Crippen LogP contribution in [0.25, 0.3) is 6.08 Å². The predicted octanol–water partition coefficient (Wildman–Crippen LogP) is 2.15. The van der Waals surface area contributed by atoms with Gasteiger partial charge in [-0.3, -0.25) is 0 Å². The van der Waals surface area contributed by atoms with Gasteiger partial charge in [0.05, 0.1) is 0 Å². The van der Waals surface area contributed by atoms with E-state index >= 15 is 0 Å². The van der Waals surface area contributed by atoms with Crippen LogP contribution in [0.5, 0.6) is 0 Å². The van der Waals surface area contributed by atoms with Gasteiger partial charge >= 0.3 is 0 Å². The largest absolute Gasteiger partial charge is 0.234 e. The molecule has 3 nitrogen and oxygen atoms in total. The fourth-order valence-electron chi connectivity index (χ4n) is 1.00. The third kappa shape index (κ3) is 4.91. The van der Waals surface area contributed by atoms with Crippen molar-refractivity contribution in [2.75, 3.05) is 6.54 Å². The van der Waals surface area contributed by atoms with Crippen molar-refractivity contribution in [2.24, 2.45) is 0 Å². The van der Waals surface area contributed by atoms with Crippen molar-refractivity contribution in [3.05, 3.63) is 53.5 Å². The maximum absolute atomic E-state index is 11.5. The molecule has 0 unspecified atom stereocenters. The maximum atomic E-state index is 11.5. The van der Waals surface area contributed by atoms with Gasteiger partial charge in [0.2, 0.25) is 10.0 Å². The minimum atomic E-state index is -3.37. The summed E-state index contributed by atoms with van der Waals surface area (Å²) in [6.45, 7) is 5.66. The number of hydrogen-bond acceptors (Lipinski definition) is 2. The van der Waals surface area contributed by atoms with Crippen molar-refractivity contribution in [3.8, 4) is 0 Å². The van der Waals surface area contributed by atoms with Gasteiger partial charge in [-0.05, 0) is 18.6 Å². The Balaban J connectivity index is 2.66. The molecule has 0 amide bonds. The second-order valence-electron chi connectivity index (χ2n) is 3.54. The highest BCUT2D eigenvalue weighted by atomic mass is 32.2. The van der Waals surface area contributed by atoms with E-state index in [-0.39, 0.29) is 6.54 Å². The Bertz CT molecular complexity index is 475. The van der Waals surface area contributed by atoms with Gasteiger partial charge in [0, 0.05) is 12.0 Å². The van der Waals surface area contributed by atoms with Gasteiger partial charge in [-0.2, -0.15) is 0 Å². The van der Waals surface area contributed by atoms with Gasteiger partial charge in [-0.1, -0.05) is 42.5 Å². The molecule has 16 heavy (non-hydrogen) atoms. The second kappa shape index (κ2) is 5.63. The van der Waals surface area contributed by atoms with Crippen molar-refractivity contribution in [1.82, 2.24) is 4.72 Å². The summed E-state index contributed by atoms with van der Waals surface area (Å²) in [5.74, 6) is 0. The topological polar surface area (TPSA) is 46.2 Å². The van der Waals surface area contributed by atoms with E-state index in [1.165, 1.54) is 0 Å². The van der Waals surface area contributed by atoms with E-state index in [1.807, 2.05) is 30.3 Å². The molecule has 0 atom stereocenters. The van der Waals surface area contributed by atoms with Crippen molar-refractivity contribution in [3.63, 3.8) is 0 Å². The summed E-state index contributed by atoms with van der Waals surface area (Å²) in [5, 5.41) is 1.16. The second-order valence-corrected chi connectivity index (χ2v) is 5.19. The van der Waals surface area contributed by atoms with Crippen molar-refractivity contribution in [1.29, 1.82) is 0 Å².